The Morgan fingerprint density at radius 1 is 0.667 bits per heavy atom. The number of aliphatic hydroxyl groups is 1. The molecular formula is C14H22F6O. The van der Waals surface area contributed by atoms with Gasteiger partial charge in [-0.1, -0.05) is 0 Å². The molecule has 1 aliphatic rings. The fraction of sp³-hybridized carbons (Fsp3) is 1.00. The maximum Gasteiger partial charge on any atom is 0.389 e. The van der Waals surface area contributed by atoms with Crippen molar-refractivity contribution in [1.29, 1.82) is 0 Å². The van der Waals surface area contributed by atoms with Crippen LogP contribution in [0.5, 0.6) is 0 Å². The summed E-state index contributed by atoms with van der Waals surface area (Å²) < 4.78 is 73.6. The minimum absolute atomic E-state index is 0.0199. The van der Waals surface area contributed by atoms with Gasteiger partial charge >= 0.3 is 12.4 Å². The average Bonchev–Trinajstić information content (AvgIpc) is 2.33. The molecule has 21 heavy (non-hydrogen) atoms. The third-order valence-corrected chi connectivity index (χ3v) is 4.21. The van der Waals surface area contributed by atoms with Crippen LogP contribution in [-0.2, 0) is 0 Å². The van der Waals surface area contributed by atoms with E-state index in [1.165, 1.54) is 0 Å². The normalized spacial score (nSPS) is 27.9. The van der Waals surface area contributed by atoms with Gasteiger partial charge in [0.2, 0.25) is 0 Å². The zero-order chi connectivity index (χ0) is 16.1. The third kappa shape index (κ3) is 8.53. The molecule has 1 N–H and O–H groups in total. The molecule has 1 saturated carbocycles. The lowest BCUT2D eigenvalue weighted by Gasteiger charge is -2.35. The van der Waals surface area contributed by atoms with E-state index in [1.54, 1.807) is 0 Å². The minimum Gasteiger partial charge on any atom is -0.396 e. The molecule has 0 saturated heterocycles. The summed E-state index contributed by atoms with van der Waals surface area (Å²) in [5, 5.41) is 8.95. The number of hydrogen-bond acceptors (Lipinski definition) is 1. The van der Waals surface area contributed by atoms with Gasteiger partial charge in [-0.25, -0.2) is 0 Å². The highest BCUT2D eigenvalue weighted by atomic mass is 19.4. The van der Waals surface area contributed by atoms with Crippen molar-refractivity contribution in [3.8, 4) is 0 Å². The van der Waals surface area contributed by atoms with Crippen molar-refractivity contribution in [3.63, 3.8) is 0 Å². The second-order valence-electron chi connectivity index (χ2n) is 6.13. The molecule has 1 nitrogen and oxygen atoms in total. The summed E-state index contributed by atoms with van der Waals surface area (Å²) in [7, 11) is 0. The summed E-state index contributed by atoms with van der Waals surface area (Å²) in [6.07, 6.45) is -8.17. The SMILES string of the molecule is OCCC1CC(CCC(F)(F)F)CC(CCC(F)(F)F)C1. The molecule has 0 spiro atoms. The maximum atomic E-state index is 12.3. The number of rotatable bonds is 6. The van der Waals surface area contributed by atoms with E-state index >= 15 is 0 Å². The van der Waals surface area contributed by atoms with E-state index in [-0.39, 0.29) is 37.2 Å². The van der Waals surface area contributed by atoms with Crippen molar-refractivity contribution in [1.82, 2.24) is 0 Å². The lowest BCUT2D eigenvalue weighted by molar-refractivity contribution is -0.141. The van der Waals surface area contributed by atoms with Crippen LogP contribution in [0.15, 0.2) is 0 Å². The van der Waals surface area contributed by atoms with Gasteiger partial charge in [-0.15, -0.1) is 0 Å². The lowest BCUT2D eigenvalue weighted by Crippen LogP contribution is -2.26. The molecule has 126 valence electrons. The molecule has 0 aromatic rings. The summed E-state index contributed by atoms with van der Waals surface area (Å²) >= 11 is 0. The molecule has 7 heteroatoms. The largest absolute Gasteiger partial charge is 0.396 e. The fourth-order valence-electron chi connectivity index (χ4n) is 3.33. The van der Waals surface area contributed by atoms with Gasteiger partial charge in [0.1, 0.15) is 0 Å². The monoisotopic (exact) mass is 320 g/mol. The third-order valence-electron chi connectivity index (χ3n) is 4.21. The van der Waals surface area contributed by atoms with Crippen LogP contribution in [0.2, 0.25) is 0 Å². The summed E-state index contributed by atoms with van der Waals surface area (Å²) in [6, 6.07) is 0. The quantitative estimate of drug-likeness (QED) is 0.676. The van der Waals surface area contributed by atoms with E-state index in [0.717, 1.165) is 0 Å². The zero-order valence-electron chi connectivity index (χ0n) is 11.8. The topological polar surface area (TPSA) is 20.2 Å². The summed E-state index contributed by atoms with van der Waals surface area (Å²) in [4.78, 5) is 0. The zero-order valence-corrected chi connectivity index (χ0v) is 11.8. The van der Waals surface area contributed by atoms with Crippen molar-refractivity contribution in [2.45, 2.75) is 63.7 Å². The summed E-state index contributed by atoms with van der Waals surface area (Å²) in [6.45, 7) is -0.0668. The smallest absolute Gasteiger partial charge is 0.389 e. The van der Waals surface area contributed by atoms with Gasteiger partial charge in [0, 0.05) is 19.4 Å². The van der Waals surface area contributed by atoms with Crippen LogP contribution in [0.3, 0.4) is 0 Å². The van der Waals surface area contributed by atoms with E-state index in [9.17, 15) is 26.3 Å². The Balaban J connectivity index is 2.51. The van der Waals surface area contributed by atoms with Crippen LogP contribution in [0, 0.1) is 17.8 Å². The van der Waals surface area contributed by atoms with Crippen LogP contribution in [0.25, 0.3) is 0 Å². The Morgan fingerprint density at radius 2 is 1.00 bits per heavy atom. The number of aliphatic hydroxyl groups excluding tert-OH is 1. The first kappa shape index (κ1) is 18.6. The maximum absolute atomic E-state index is 12.3. The molecule has 0 aliphatic heterocycles. The molecule has 1 rings (SSSR count). The Kier molecular flexibility index (Phi) is 6.81. The Hall–Kier alpha value is -0.460. The van der Waals surface area contributed by atoms with Crippen molar-refractivity contribution >= 4 is 0 Å². The van der Waals surface area contributed by atoms with Crippen LogP contribution >= 0.6 is 0 Å². The van der Waals surface area contributed by atoms with Crippen molar-refractivity contribution in [3.05, 3.63) is 0 Å². The van der Waals surface area contributed by atoms with Gasteiger partial charge < -0.3 is 5.11 Å². The van der Waals surface area contributed by atoms with Gasteiger partial charge in [-0.2, -0.15) is 26.3 Å². The molecule has 0 radical (unpaired) electrons. The van der Waals surface area contributed by atoms with Gasteiger partial charge in [0.25, 0.3) is 0 Å². The first-order valence-electron chi connectivity index (χ1n) is 7.33. The van der Waals surface area contributed by atoms with E-state index in [4.69, 9.17) is 5.11 Å². The summed E-state index contributed by atoms with van der Waals surface area (Å²) in [5.74, 6) is -0.328. The Morgan fingerprint density at radius 3 is 1.29 bits per heavy atom. The van der Waals surface area contributed by atoms with E-state index in [2.05, 4.69) is 0 Å². The van der Waals surface area contributed by atoms with Crippen LogP contribution in [0.4, 0.5) is 26.3 Å². The van der Waals surface area contributed by atoms with Crippen LogP contribution in [0.1, 0.15) is 51.4 Å². The second kappa shape index (κ2) is 7.70. The summed E-state index contributed by atoms with van der Waals surface area (Å²) in [5.41, 5.74) is 0. The molecule has 1 fully saturated rings. The Bertz CT molecular complexity index is 273. The average molecular weight is 320 g/mol. The van der Waals surface area contributed by atoms with Crippen LogP contribution < -0.4 is 0 Å². The molecular weight excluding hydrogens is 298 g/mol. The van der Waals surface area contributed by atoms with E-state index in [1.807, 2.05) is 0 Å². The number of halogens is 6. The van der Waals surface area contributed by atoms with Crippen molar-refractivity contribution < 1.29 is 31.4 Å². The van der Waals surface area contributed by atoms with Crippen molar-refractivity contribution in [2.24, 2.45) is 17.8 Å². The highest BCUT2D eigenvalue weighted by molar-refractivity contribution is 4.80. The van der Waals surface area contributed by atoms with E-state index in [0.29, 0.717) is 25.7 Å². The first-order valence-corrected chi connectivity index (χ1v) is 7.33. The molecule has 2 unspecified atom stereocenters. The van der Waals surface area contributed by atoms with Gasteiger partial charge in [-0.3, -0.25) is 0 Å². The highest BCUT2D eigenvalue weighted by Crippen LogP contribution is 2.41. The van der Waals surface area contributed by atoms with E-state index < -0.39 is 25.2 Å². The Labute approximate surface area is 120 Å². The highest BCUT2D eigenvalue weighted by Gasteiger charge is 2.35. The predicted octanol–water partition coefficient (Wildman–Crippen LogP) is 5.09. The molecule has 2 atom stereocenters. The van der Waals surface area contributed by atoms with Crippen LogP contribution in [-0.4, -0.2) is 24.1 Å². The fourth-order valence-corrected chi connectivity index (χ4v) is 3.33. The molecule has 1 aliphatic carbocycles. The lowest BCUT2D eigenvalue weighted by atomic mass is 9.71. The minimum atomic E-state index is -4.22. The molecule has 0 aromatic carbocycles. The van der Waals surface area contributed by atoms with Gasteiger partial charge in [0.05, 0.1) is 0 Å². The molecule has 0 amide bonds. The molecule has 0 bridgehead atoms. The number of hydrogen-bond donors (Lipinski definition) is 1. The standard InChI is InChI=1S/C14H22F6O/c15-13(16,17)4-1-10-7-11(2-5-14(18,19)20)9-12(8-10)3-6-21/h10-12,21H,1-9H2. The predicted molar refractivity (Wildman–Crippen MR) is 66.6 cm³/mol. The van der Waals surface area contributed by atoms with Crippen molar-refractivity contribution in [2.75, 3.05) is 6.61 Å². The second-order valence-corrected chi connectivity index (χ2v) is 6.13. The first-order chi connectivity index (χ1) is 9.59. The molecule has 0 heterocycles. The van der Waals surface area contributed by atoms with Gasteiger partial charge in [0.15, 0.2) is 0 Å². The molecule has 0 aromatic heterocycles. The number of alkyl halides is 6. The van der Waals surface area contributed by atoms with Gasteiger partial charge in [-0.05, 0) is 56.3 Å².